The Balaban J connectivity index is 1.84. The molecule has 27 heavy (non-hydrogen) atoms. The fourth-order valence-corrected chi connectivity index (χ4v) is 2.86. The van der Waals surface area contributed by atoms with E-state index in [9.17, 15) is 9.59 Å². The van der Waals surface area contributed by atoms with Crippen molar-refractivity contribution >= 4 is 40.3 Å². The van der Waals surface area contributed by atoms with Crippen LogP contribution in [0.25, 0.3) is 11.2 Å². The van der Waals surface area contributed by atoms with Crippen LogP contribution in [0.4, 0.5) is 5.69 Å². The summed E-state index contributed by atoms with van der Waals surface area (Å²) in [7, 11) is 0. The first-order valence-corrected chi connectivity index (χ1v) is 9.00. The number of aromatic nitrogens is 3. The maximum Gasteiger partial charge on any atom is 0.257 e. The molecule has 140 valence electrons. The lowest BCUT2D eigenvalue weighted by molar-refractivity contribution is 0.0954. The van der Waals surface area contributed by atoms with E-state index in [1.807, 2.05) is 25.3 Å². The average molecular weight is 386 g/mol. The molecular formula is C19H20ClN5O2. The Bertz CT molecular complexity index is 1010. The smallest absolute Gasteiger partial charge is 0.257 e. The maximum atomic E-state index is 12.6. The minimum absolute atomic E-state index is 0.226. The van der Waals surface area contributed by atoms with E-state index >= 15 is 0 Å². The van der Waals surface area contributed by atoms with E-state index in [1.165, 1.54) is 6.20 Å². The van der Waals surface area contributed by atoms with Crippen LogP contribution in [0.5, 0.6) is 0 Å². The van der Waals surface area contributed by atoms with Gasteiger partial charge in [-0.3, -0.25) is 9.59 Å². The summed E-state index contributed by atoms with van der Waals surface area (Å²) in [6.45, 7) is 6.38. The zero-order valence-electron chi connectivity index (χ0n) is 15.3. The average Bonchev–Trinajstić information content (AvgIpc) is 3.06. The van der Waals surface area contributed by atoms with Gasteiger partial charge in [0.15, 0.2) is 5.65 Å². The molecular weight excluding hydrogens is 366 g/mol. The third kappa shape index (κ3) is 3.93. The van der Waals surface area contributed by atoms with E-state index in [4.69, 9.17) is 11.6 Å². The second-order valence-electron chi connectivity index (χ2n) is 6.32. The molecule has 0 spiro atoms. The Kier molecular flexibility index (Phi) is 5.41. The van der Waals surface area contributed by atoms with Crippen LogP contribution in [0.3, 0.4) is 0 Å². The van der Waals surface area contributed by atoms with Crippen LogP contribution in [0.15, 0.2) is 36.8 Å². The molecule has 3 rings (SSSR count). The van der Waals surface area contributed by atoms with Gasteiger partial charge in [0, 0.05) is 24.5 Å². The predicted molar refractivity (Wildman–Crippen MR) is 105 cm³/mol. The van der Waals surface area contributed by atoms with Gasteiger partial charge in [-0.1, -0.05) is 11.6 Å². The van der Waals surface area contributed by atoms with Crippen molar-refractivity contribution < 1.29 is 9.59 Å². The first-order chi connectivity index (χ1) is 12.9. The van der Waals surface area contributed by atoms with Crippen LogP contribution < -0.4 is 10.6 Å². The lowest BCUT2D eigenvalue weighted by Gasteiger charge is -2.10. The molecule has 0 bridgehead atoms. The van der Waals surface area contributed by atoms with Crippen molar-refractivity contribution in [3.8, 4) is 0 Å². The Morgan fingerprint density at radius 1 is 1.19 bits per heavy atom. The van der Waals surface area contributed by atoms with Crippen LogP contribution in [0.1, 0.15) is 47.5 Å². The minimum Gasteiger partial charge on any atom is -0.352 e. The van der Waals surface area contributed by atoms with E-state index in [0.717, 1.165) is 5.65 Å². The predicted octanol–water partition coefficient (Wildman–Crippen LogP) is 3.67. The topological polar surface area (TPSA) is 88.9 Å². The van der Waals surface area contributed by atoms with Crippen molar-refractivity contribution in [2.24, 2.45) is 0 Å². The van der Waals surface area contributed by atoms with Crippen molar-refractivity contribution in [1.29, 1.82) is 0 Å². The van der Waals surface area contributed by atoms with Gasteiger partial charge in [-0.15, -0.1) is 0 Å². The number of nitrogens with one attached hydrogen (secondary N) is 2. The summed E-state index contributed by atoms with van der Waals surface area (Å²) in [6.07, 6.45) is 3.22. The first-order valence-electron chi connectivity index (χ1n) is 8.62. The van der Waals surface area contributed by atoms with Gasteiger partial charge in [0.05, 0.1) is 22.5 Å². The number of carbonyl (C=O) groups excluding carboxylic acids is 2. The van der Waals surface area contributed by atoms with Gasteiger partial charge in [0.1, 0.15) is 5.52 Å². The second-order valence-corrected chi connectivity index (χ2v) is 6.73. The van der Waals surface area contributed by atoms with Gasteiger partial charge >= 0.3 is 0 Å². The second kappa shape index (κ2) is 7.75. The molecule has 7 nitrogen and oxygen atoms in total. The number of pyridine rings is 1. The summed E-state index contributed by atoms with van der Waals surface area (Å²) in [4.78, 5) is 33.3. The standard InChI is InChI=1S/C19H20ClN5O2/c1-4-21-19(27)14-8-13(5-6-15(14)20)24-18(26)12-7-16-17(22-9-12)25(10-23-16)11(2)3/h5-11H,4H2,1-3H3,(H,21,27)(H,24,26). The number of nitrogens with zero attached hydrogens (tertiary/aromatic N) is 3. The molecule has 0 unspecified atom stereocenters. The largest absolute Gasteiger partial charge is 0.352 e. The van der Waals surface area contributed by atoms with Gasteiger partial charge in [-0.05, 0) is 45.0 Å². The van der Waals surface area contributed by atoms with Crippen molar-refractivity contribution in [2.75, 3.05) is 11.9 Å². The summed E-state index contributed by atoms with van der Waals surface area (Å²) < 4.78 is 1.94. The van der Waals surface area contributed by atoms with E-state index in [-0.39, 0.29) is 17.9 Å². The zero-order chi connectivity index (χ0) is 19.6. The van der Waals surface area contributed by atoms with Gasteiger partial charge < -0.3 is 15.2 Å². The van der Waals surface area contributed by atoms with E-state index in [1.54, 1.807) is 30.6 Å². The van der Waals surface area contributed by atoms with Crippen LogP contribution in [-0.2, 0) is 0 Å². The molecule has 8 heteroatoms. The lowest BCUT2D eigenvalue weighted by atomic mass is 10.1. The van der Waals surface area contributed by atoms with Gasteiger partial charge in [-0.2, -0.15) is 0 Å². The number of imidazole rings is 1. The molecule has 0 aliphatic carbocycles. The number of amides is 2. The van der Waals surface area contributed by atoms with Crippen molar-refractivity contribution in [3.05, 3.63) is 52.9 Å². The number of rotatable bonds is 5. The van der Waals surface area contributed by atoms with Crippen LogP contribution in [-0.4, -0.2) is 32.9 Å². The van der Waals surface area contributed by atoms with Crippen molar-refractivity contribution in [2.45, 2.75) is 26.8 Å². The lowest BCUT2D eigenvalue weighted by Crippen LogP contribution is -2.23. The summed E-state index contributed by atoms with van der Waals surface area (Å²) in [5.74, 6) is -0.631. The normalized spacial score (nSPS) is 11.0. The Morgan fingerprint density at radius 2 is 1.96 bits per heavy atom. The molecule has 0 radical (unpaired) electrons. The molecule has 2 aromatic heterocycles. The molecule has 2 N–H and O–H groups in total. The zero-order valence-corrected chi connectivity index (χ0v) is 16.0. The Labute approximate surface area is 161 Å². The maximum absolute atomic E-state index is 12.6. The molecule has 0 fully saturated rings. The Morgan fingerprint density at radius 3 is 2.67 bits per heavy atom. The molecule has 0 saturated heterocycles. The fraction of sp³-hybridized carbons (Fsp3) is 0.263. The third-order valence-corrected chi connectivity index (χ3v) is 4.37. The number of fused-ring (bicyclic) bond motifs is 1. The minimum atomic E-state index is -0.340. The molecule has 2 amide bonds. The van der Waals surface area contributed by atoms with Crippen LogP contribution in [0.2, 0.25) is 5.02 Å². The van der Waals surface area contributed by atoms with Gasteiger partial charge in [0.2, 0.25) is 0 Å². The number of hydrogen-bond donors (Lipinski definition) is 2. The number of carbonyl (C=O) groups is 2. The summed E-state index contributed by atoms with van der Waals surface area (Å²) in [6, 6.07) is 6.68. The van der Waals surface area contributed by atoms with Crippen LogP contribution >= 0.6 is 11.6 Å². The van der Waals surface area contributed by atoms with E-state index < -0.39 is 0 Å². The molecule has 0 atom stereocenters. The number of anilines is 1. The fourth-order valence-electron chi connectivity index (χ4n) is 2.66. The summed E-state index contributed by atoms with van der Waals surface area (Å²) >= 11 is 6.08. The van der Waals surface area contributed by atoms with Crippen molar-refractivity contribution in [3.63, 3.8) is 0 Å². The highest BCUT2D eigenvalue weighted by Gasteiger charge is 2.14. The first kappa shape index (κ1) is 18.8. The van der Waals surface area contributed by atoms with E-state index in [2.05, 4.69) is 20.6 Å². The monoisotopic (exact) mass is 385 g/mol. The molecule has 1 aromatic carbocycles. The third-order valence-electron chi connectivity index (χ3n) is 4.04. The molecule has 0 aliphatic heterocycles. The summed E-state index contributed by atoms with van der Waals surface area (Å²) in [5.41, 5.74) is 2.53. The highest BCUT2D eigenvalue weighted by Crippen LogP contribution is 2.22. The van der Waals surface area contributed by atoms with Gasteiger partial charge in [0.25, 0.3) is 11.8 Å². The number of benzene rings is 1. The molecule has 0 saturated carbocycles. The molecule has 3 aromatic rings. The highest BCUT2D eigenvalue weighted by molar-refractivity contribution is 6.34. The van der Waals surface area contributed by atoms with Gasteiger partial charge in [-0.25, -0.2) is 9.97 Å². The number of halogens is 1. The SMILES string of the molecule is CCNC(=O)c1cc(NC(=O)c2cnc3c(c2)ncn3C(C)C)ccc1Cl. The van der Waals surface area contributed by atoms with E-state index in [0.29, 0.717) is 33.9 Å². The summed E-state index contributed by atoms with van der Waals surface area (Å²) in [5, 5.41) is 5.78. The highest BCUT2D eigenvalue weighted by atomic mass is 35.5. The number of hydrogen-bond acceptors (Lipinski definition) is 4. The quantitative estimate of drug-likeness (QED) is 0.701. The van der Waals surface area contributed by atoms with Crippen molar-refractivity contribution in [1.82, 2.24) is 19.9 Å². The molecule has 2 heterocycles. The molecule has 0 aliphatic rings. The Hall–Kier alpha value is -2.93. The van der Waals surface area contributed by atoms with Crippen LogP contribution in [0, 0.1) is 0 Å².